The Hall–Kier alpha value is -1.70. The molecule has 1 aliphatic carbocycles. The van der Waals surface area contributed by atoms with Gasteiger partial charge in [-0.2, -0.15) is 0 Å². The van der Waals surface area contributed by atoms with E-state index >= 15 is 0 Å². The van der Waals surface area contributed by atoms with Crippen LogP contribution in [-0.2, 0) is 23.8 Å². The Bertz CT molecular complexity index is 962. The van der Waals surface area contributed by atoms with Crippen LogP contribution in [0.2, 0.25) is 0 Å². The number of allylic oxidation sites excluding steroid dienone is 1. The van der Waals surface area contributed by atoms with Crippen LogP contribution in [0, 0.1) is 5.92 Å². The molecule has 0 radical (unpaired) electrons. The summed E-state index contributed by atoms with van der Waals surface area (Å²) in [5, 5.41) is 0. The summed E-state index contributed by atoms with van der Waals surface area (Å²) in [7, 11) is 0. The van der Waals surface area contributed by atoms with Gasteiger partial charge in [0.2, 0.25) is 0 Å². The number of benzene rings is 1. The van der Waals surface area contributed by atoms with Crippen LogP contribution in [0.1, 0.15) is 38.2 Å². The summed E-state index contributed by atoms with van der Waals surface area (Å²) in [6.45, 7) is 6.22. The van der Waals surface area contributed by atoms with E-state index in [0.717, 1.165) is 32.9 Å². The maximum Gasteiger partial charge on any atom is 0.334 e. The van der Waals surface area contributed by atoms with Gasteiger partial charge >= 0.3 is 11.9 Å². The zero-order valence-electron chi connectivity index (χ0n) is 17.2. The number of rotatable bonds is 4. The highest BCUT2D eigenvalue weighted by atomic mass is 79.9. The number of hydrogen-bond acceptors (Lipinski definition) is 5. The molecule has 1 aromatic carbocycles. The Morgan fingerprint density at radius 2 is 2.10 bits per heavy atom. The smallest absolute Gasteiger partial charge is 0.334 e. The predicted octanol–water partition coefficient (Wildman–Crippen LogP) is 5.52. The number of hydrogen-bond donors (Lipinski definition) is 0. The second-order valence-corrected chi connectivity index (χ2v) is 10.1. The lowest BCUT2D eigenvalue weighted by atomic mass is 9.84. The largest absolute Gasteiger partial charge is 0.458 e. The van der Waals surface area contributed by atoms with Crippen molar-refractivity contribution in [2.45, 2.75) is 50.4 Å². The molecule has 2 aliphatic heterocycles. The van der Waals surface area contributed by atoms with Gasteiger partial charge in [-0.3, -0.25) is 0 Å². The Morgan fingerprint density at radius 1 is 1.35 bits per heavy atom. The molecule has 0 unspecified atom stereocenters. The molecule has 0 saturated carbocycles. The Balaban J connectivity index is 1.39. The van der Waals surface area contributed by atoms with Crippen LogP contribution in [0.5, 0.6) is 0 Å². The van der Waals surface area contributed by atoms with Crippen molar-refractivity contribution in [2.75, 3.05) is 6.61 Å². The van der Waals surface area contributed by atoms with Crippen molar-refractivity contribution in [3.8, 4) is 0 Å². The van der Waals surface area contributed by atoms with E-state index < -0.39 is 5.97 Å². The molecule has 0 spiro atoms. The zero-order chi connectivity index (χ0) is 22.2. The lowest BCUT2D eigenvalue weighted by molar-refractivity contribution is -0.140. The van der Waals surface area contributed by atoms with Crippen LogP contribution in [-0.4, -0.2) is 36.4 Å². The predicted molar refractivity (Wildman–Crippen MR) is 124 cm³/mol. The minimum Gasteiger partial charge on any atom is -0.458 e. The summed E-state index contributed by atoms with van der Waals surface area (Å²) in [5.74, 6) is -0.795. The lowest BCUT2D eigenvalue weighted by Crippen LogP contribution is -2.29. The minimum atomic E-state index is -0.403. The normalized spacial score (nSPS) is 32.0. The first-order valence-corrected chi connectivity index (χ1v) is 11.9. The van der Waals surface area contributed by atoms with Gasteiger partial charge in [-0.25, -0.2) is 9.59 Å². The van der Waals surface area contributed by atoms with Crippen LogP contribution in [0.3, 0.4) is 0 Å². The average molecular weight is 552 g/mol. The van der Waals surface area contributed by atoms with E-state index in [9.17, 15) is 9.59 Å². The molecule has 31 heavy (non-hydrogen) atoms. The molecule has 0 N–H and O–H groups in total. The number of epoxide rings is 1. The maximum absolute atomic E-state index is 12.3. The van der Waals surface area contributed by atoms with E-state index in [2.05, 4.69) is 51.4 Å². The average Bonchev–Trinajstić information content (AvgIpc) is 3.31. The molecule has 2 heterocycles. The van der Waals surface area contributed by atoms with Gasteiger partial charge in [0.15, 0.2) is 0 Å². The summed E-state index contributed by atoms with van der Waals surface area (Å²) in [4.78, 5) is 24.3. The Kier molecular flexibility index (Phi) is 6.56. The fourth-order valence-electron chi connectivity index (χ4n) is 4.28. The maximum atomic E-state index is 12.3. The monoisotopic (exact) mass is 550 g/mol. The third kappa shape index (κ3) is 4.89. The van der Waals surface area contributed by atoms with Crippen molar-refractivity contribution in [3.63, 3.8) is 0 Å². The Labute approximate surface area is 198 Å². The third-order valence-corrected chi connectivity index (χ3v) is 7.61. The minimum absolute atomic E-state index is 0.0600. The van der Waals surface area contributed by atoms with Gasteiger partial charge in [-0.05, 0) is 56.4 Å². The molecule has 2 fully saturated rings. The summed E-state index contributed by atoms with van der Waals surface area (Å²) in [6, 6.07) is 5.73. The van der Waals surface area contributed by atoms with Crippen LogP contribution in [0.4, 0.5) is 0 Å². The highest BCUT2D eigenvalue weighted by molar-refractivity contribution is 9.11. The zero-order valence-corrected chi connectivity index (χ0v) is 20.4. The number of ether oxygens (including phenoxy) is 3. The number of esters is 2. The van der Waals surface area contributed by atoms with Crippen molar-refractivity contribution in [1.82, 2.24) is 0 Å². The molecule has 7 heteroatoms. The lowest BCUT2D eigenvalue weighted by Gasteiger charge is -2.20. The van der Waals surface area contributed by atoms with E-state index in [0.29, 0.717) is 18.4 Å². The first kappa shape index (κ1) is 22.5. The molecule has 0 bridgehead atoms. The van der Waals surface area contributed by atoms with Crippen LogP contribution < -0.4 is 0 Å². The van der Waals surface area contributed by atoms with Crippen LogP contribution in [0.15, 0.2) is 57.0 Å². The van der Waals surface area contributed by atoms with E-state index in [4.69, 9.17) is 14.2 Å². The number of halogens is 2. The molecule has 5 nitrogen and oxygen atoms in total. The highest BCUT2D eigenvalue weighted by Crippen LogP contribution is 2.49. The van der Waals surface area contributed by atoms with Crippen molar-refractivity contribution in [1.29, 1.82) is 0 Å². The molecule has 0 amide bonds. The van der Waals surface area contributed by atoms with Crippen molar-refractivity contribution < 1.29 is 23.8 Å². The van der Waals surface area contributed by atoms with Crippen LogP contribution in [0.25, 0.3) is 6.08 Å². The molecule has 0 aromatic heterocycles. The van der Waals surface area contributed by atoms with Gasteiger partial charge in [0.1, 0.15) is 18.8 Å². The summed E-state index contributed by atoms with van der Waals surface area (Å²) in [5.41, 5.74) is 2.15. The van der Waals surface area contributed by atoms with E-state index in [1.165, 1.54) is 6.08 Å². The van der Waals surface area contributed by atoms with Gasteiger partial charge in [0, 0.05) is 32.1 Å². The SMILES string of the molecule is C=C1C(=O)O[C@H]2[C@H]1CC/C(COC(=O)/C=C/c1c(Br)cccc1Br)=C\CC[C@@]1(C)O[C@@H]21. The molecule has 4 rings (SSSR count). The van der Waals surface area contributed by atoms with Crippen molar-refractivity contribution in [3.05, 3.63) is 62.6 Å². The van der Waals surface area contributed by atoms with Crippen molar-refractivity contribution in [2.24, 2.45) is 5.92 Å². The third-order valence-electron chi connectivity index (χ3n) is 6.22. The molecule has 4 atom stereocenters. The summed E-state index contributed by atoms with van der Waals surface area (Å²) >= 11 is 6.96. The molecule has 3 aliphatic rings. The number of fused-ring (bicyclic) bond motifs is 3. The van der Waals surface area contributed by atoms with Crippen LogP contribution >= 0.6 is 31.9 Å². The molecular formula is C24H24Br2O5. The molecule has 2 saturated heterocycles. The summed E-state index contributed by atoms with van der Waals surface area (Å²) < 4.78 is 18.8. The van der Waals surface area contributed by atoms with Gasteiger partial charge in [0.25, 0.3) is 0 Å². The summed E-state index contributed by atoms with van der Waals surface area (Å²) in [6.07, 6.45) is 8.04. The van der Waals surface area contributed by atoms with Gasteiger partial charge in [-0.1, -0.05) is 50.6 Å². The van der Waals surface area contributed by atoms with E-state index in [1.807, 2.05) is 18.2 Å². The topological polar surface area (TPSA) is 65.1 Å². The molecule has 164 valence electrons. The standard InChI is InChI=1S/C24H24Br2O5/c1-14-16-9-8-15(5-4-12-24(2)22(31-24)21(16)30-23(14)28)13-29-20(27)11-10-17-18(25)6-3-7-19(17)26/h3,5-7,10-11,16,21-22H,1,4,8-9,12-13H2,2H3/b11-10+,15-5+/t16-,21-,22-,24+/m0/s1. The fraction of sp³-hybridized carbons (Fsp3) is 0.417. The first-order valence-electron chi connectivity index (χ1n) is 10.3. The van der Waals surface area contributed by atoms with E-state index in [1.54, 1.807) is 6.08 Å². The number of carbonyl (C=O) groups is 2. The first-order chi connectivity index (χ1) is 14.8. The van der Waals surface area contributed by atoms with Gasteiger partial charge in [0.05, 0.1) is 5.60 Å². The van der Waals surface area contributed by atoms with Gasteiger partial charge < -0.3 is 14.2 Å². The van der Waals surface area contributed by atoms with E-state index in [-0.39, 0.29) is 36.3 Å². The second kappa shape index (κ2) is 9.04. The highest BCUT2D eigenvalue weighted by Gasteiger charge is 2.61. The fourth-order valence-corrected chi connectivity index (χ4v) is 5.55. The Morgan fingerprint density at radius 3 is 2.84 bits per heavy atom. The van der Waals surface area contributed by atoms with Crippen molar-refractivity contribution >= 4 is 49.9 Å². The van der Waals surface area contributed by atoms with Gasteiger partial charge in [-0.15, -0.1) is 0 Å². The second-order valence-electron chi connectivity index (χ2n) is 8.37. The molecule has 1 aromatic rings. The molecular weight excluding hydrogens is 528 g/mol. The number of carbonyl (C=O) groups excluding carboxylic acids is 2. The quantitative estimate of drug-likeness (QED) is 0.213.